The lowest BCUT2D eigenvalue weighted by atomic mass is 10.0. The van der Waals surface area contributed by atoms with Gasteiger partial charge in [0.15, 0.2) is 0 Å². The summed E-state index contributed by atoms with van der Waals surface area (Å²) in [6.45, 7) is 5.22. The highest BCUT2D eigenvalue weighted by Gasteiger charge is 2.26. The summed E-state index contributed by atoms with van der Waals surface area (Å²) >= 11 is 0. The van der Waals surface area contributed by atoms with Crippen molar-refractivity contribution < 1.29 is 14.3 Å². The number of carbonyl (C=O) groups is 2. The number of amides is 2. The molecule has 2 heterocycles. The molecule has 2 aromatic carbocycles. The molecule has 1 aromatic heterocycles. The van der Waals surface area contributed by atoms with Crippen LogP contribution in [0.1, 0.15) is 44.8 Å². The fourth-order valence-corrected chi connectivity index (χ4v) is 3.89. The van der Waals surface area contributed by atoms with Gasteiger partial charge in [-0.2, -0.15) is 5.10 Å². The number of likely N-dealkylation sites (tertiary alicyclic amines) is 1. The average Bonchev–Trinajstić information content (AvgIpc) is 3.31. The van der Waals surface area contributed by atoms with Gasteiger partial charge in [-0.3, -0.25) is 14.7 Å². The molecular formula is C25H28N4O3. The molecule has 3 aromatic rings. The van der Waals surface area contributed by atoms with E-state index in [4.69, 9.17) is 4.74 Å². The molecule has 1 aliphatic rings. The van der Waals surface area contributed by atoms with Crippen molar-refractivity contribution >= 4 is 11.8 Å². The first-order chi connectivity index (χ1) is 15.4. The van der Waals surface area contributed by atoms with E-state index in [1.807, 2.05) is 61.2 Å². The molecule has 1 saturated heterocycles. The van der Waals surface area contributed by atoms with Gasteiger partial charge in [0.05, 0.1) is 12.8 Å². The van der Waals surface area contributed by atoms with E-state index in [0.29, 0.717) is 30.0 Å². The van der Waals surface area contributed by atoms with Crippen LogP contribution in [-0.4, -0.2) is 53.2 Å². The molecule has 7 heteroatoms. The number of nitrogens with zero attached hydrogens (tertiary/aromatic N) is 2. The molecule has 0 radical (unpaired) electrons. The van der Waals surface area contributed by atoms with E-state index in [9.17, 15) is 9.59 Å². The summed E-state index contributed by atoms with van der Waals surface area (Å²) in [5.41, 5.74) is 5.04. The molecule has 0 unspecified atom stereocenters. The number of benzene rings is 2. The van der Waals surface area contributed by atoms with Crippen molar-refractivity contribution in [1.82, 2.24) is 20.4 Å². The molecule has 0 aliphatic carbocycles. The van der Waals surface area contributed by atoms with Crippen LogP contribution < -0.4 is 10.1 Å². The molecule has 2 N–H and O–H groups in total. The minimum absolute atomic E-state index is 0.0597. The van der Waals surface area contributed by atoms with Gasteiger partial charge in [-0.15, -0.1) is 0 Å². The average molecular weight is 433 g/mol. The van der Waals surface area contributed by atoms with E-state index in [-0.39, 0.29) is 17.9 Å². The van der Waals surface area contributed by atoms with Crippen LogP contribution in [0.15, 0.2) is 48.5 Å². The van der Waals surface area contributed by atoms with Crippen molar-refractivity contribution in [1.29, 1.82) is 0 Å². The van der Waals surface area contributed by atoms with Gasteiger partial charge < -0.3 is 15.0 Å². The van der Waals surface area contributed by atoms with E-state index in [1.54, 1.807) is 13.2 Å². The predicted molar refractivity (Wildman–Crippen MR) is 123 cm³/mol. The Morgan fingerprint density at radius 3 is 2.41 bits per heavy atom. The number of methoxy groups -OCH3 is 1. The normalized spacial score (nSPS) is 14.3. The van der Waals surface area contributed by atoms with E-state index in [0.717, 1.165) is 29.7 Å². The van der Waals surface area contributed by atoms with Crippen molar-refractivity contribution in [2.75, 3.05) is 20.2 Å². The molecule has 0 atom stereocenters. The first-order valence-corrected chi connectivity index (χ1v) is 10.8. The summed E-state index contributed by atoms with van der Waals surface area (Å²) in [4.78, 5) is 27.3. The van der Waals surface area contributed by atoms with Crippen LogP contribution >= 0.6 is 0 Å². The number of hydrogen-bond donors (Lipinski definition) is 2. The fourth-order valence-electron chi connectivity index (χ4n) is 3.89. The van der Waals surface area contributed by atoms with Gasteiger partial charge >= 0.3 is 0 Å². The summed E-state index contributed by atoms with van der Waals surface area (Å²) in [6, 6.07) is 15.1. The molecule has 0 spiro atoms. The third-order valence-corrected chi connectivity index (χ3v) is 6.08. The van der Waals surface area contributed by atoms with Crippen molar-refractivity contribution in [2.24, 2.45) is 0 Å². The Morgan fingerprint density at radius 2 is 1.75 bits per heavy atom. The summed E-state index contributed by atoms with van der Waals surface area (Å²) in [5, 5.41) is 10.3. The number of hydrogen-bond acceptors (Lipinski definition) is 4. The van der Waals surface area contributed by atoms with Gasteiger partial charge in [0.25, 0.3) is 11.8 Å². The highest BCUT2D eigenvalue weighted by Crippen LogP contribution is 2.22. The highest BCUT2D eigenvalue weighted by molar-refractivity contribution is 5.95. The fraction of sp³-hybridized carbons (Fsp3) is 0.320. The maximum absolute atomic E-state index is 12.9. The second-order valence-electron chi connectivity index (χ2n) is 8.23. The molecule has 2 amide bonds. The van der Waals surface area contributed by atoms with Crippen LogP contribution in [0.3, 0.4) is 0 Å². The third-order valence-electron chi connectivity index (χ3n) is 6.08. The summed E-state index contributed by atoms with van der Waals surface area (Å²) < 4.78 is 5.18. The topological polar surface area (TPSA) is 87.3 Å². The van der Waals surface area contributed by atoms with E-state index >= 15 is 0 Å². The first kappa shape index (κ1) is 21.6. The van der Waals surface area contributed by atoms with Crippen molar-refractivity contribution in [3.63, 3.8) is 0 Å². The van der Waals surface area contributed by atoms with Crippen LogP contribution in [-0.2, 0) is 0 Å². The lowest BCUT2D eigenvalue weighted by Crippen LogP contribution is -2.46. The zero-order valence-electron chi connectivity index (χ0n) is 18.6. The van der Waals surface area contributed by atoms with Crippen molar-refractivity contribution in [3.05, 3.63) is 70.9 Å². The summed E-state index contributed by atoms with van der Waals surface area (Å²) in [7, 11) is 1.62. The molecule has 1 aliphatic heterocycles. The van der Waals surface area contributed by atoms with Crippen LogP contribution in [0.5, 0.6) is 5.75 Å². The van der Waals surface area contributed by atoms with Gasteiger partial charge in [0.2, 0.25) is 0 Å². The number of aromatic nitrogens is 2. The number of piperidine rings is 1. The molecule has 0 bridgehead atoms. The lowest BCUT2D eigenvalue weighted by Gasteiger charge is -2.32. The Morgan fingerprint density at radius 1 is 1.03 bits per heavy atom. The van der Waals surface area contributed by atoms with E-state index in [2.05, 4.69) is 15.5 Å². The molecule has 7 nitrogen and oxygen atoms in total. The van der Waals surface area contributed by atoms with Gasteiger partial charge in [0, 0.05) is 30.3 Å². The second-order valence-corrected chi connectivity index (χ2v) is 8.23. The van der Waals surface area contributed by atoms with Gasteiger partial charge in [0.1, 0.15) is 11.4 Å². The van der Waals surface area contributed by atoms with Crippen molar-refractivity contribution in [2.45, 2.75) is 32.7 Å². The largest absolute Gasteiger partial charge is 0.497 e. The van der Waals surface area contributed by atoms with Crippen LogP contribution in [0.25, 0.3) is 11.3 Å². The monoisotopic (exact) mass is 432 g/mol. The second kappa shape index (κ2) is 9.26. The third kappa shape index (κ3) is 4.66. The van der Waals surface area contributed by atoms with E-state index in [1.165, 1.54) is 5.56 Å². The standard InChI is InChI=1S/C25H28N4O3/c1-16-4-5-19(14-17(16)2)24(30)26-20-10-12-29(13-11-20)25(31)23-15-22(27-28-23)18-6-8-21(32-3)9-7-18/h4-9,14-15,20H,10-13H2,1-3H3,(H,26,30)(H,27,28). The Hall–Kier alpha value is -3.61. The molecule has 4 rings (SSSR count). The van der Waals surface area contributed by atoms with Gasteiger partial charge in [-0.25, -0.2) is 0 Å². The minimum Gasteiger partial charge on any atom is -0.497 e. The zero-order chi connectivity index (χ0) is 22.7. The number of aromatic amines is 1. The SMILES string of the molecule is COc1ccc(-c2cc(C(=O)N3CCC(NC(=O)c4ccc(C)c(C)c4)CC3)[nH]n2)cc1. The highest BCUT2D eigenvalue weighted by atomic mass is 16.5. The maximum atomic E-state index is 12.9. The zero-order valence-corrected chi connectivity index (χ0v) is 18.6. The number of carbonyl (C=O) groups excluding carboxylic acids is 2. The smallest absolute Gasteiger partial charge is 0.271 e. The molecule has 32 heavy (non-hydrogen) atoms. The quantitative estimate of drug-likeness (QED) is 0.643. The number of ether oxygens (including phenoxy) is 1. The summed E-state index contributed by atoms with van der Waals surface area (Å²) in [6.07, 6.45) is 1.45. The van der Waals surface area contributed by atoms with Crippen LogP contribution in [0, 0.1) is 13.8 Å². The maximum Gasteiger partial charge on any atom is 0.271 e. The Bertz CT molecular complexity index is 1110. The lowest BCUT2D eigenvalue weighted by molar-refractivity contribution is 0.0692. The van der Waals surface area contributed by atoms with Crippen LogP contribution in [0.4, 0.5) is 0 Å². The number of H-pyrrole nitrogens is 1. The number of rotatable bonds is 5. The molecule has 166 valence electrons. The predicted octanol–water partition coefficient (Wildman–Crippen LogP) is 3.74. The molecule has 0 saturated carbocycles. The van der Waals surface area contributed by atoms with Gasteiger partial charge in [-0.05, 0) is 80.3 Å². The van der Waals surface area contributed by atoms with Gasteiger partial charge in [-0.1, -0.05) is 6.07 Å². The summed E-state index contributed by atoms with van der Waals surface area (Å²) in [5.74, 6) is 0.639. The number of aryl methyl sites for hydroxylation is 2. The molecule has 1 fully saturated rings. The first-order valence-electron chi connectivity index (χ1n) is 10.8. The Balaban J connectivity index is 1.33. The number of nitrogens with one attached hydrogen (secondary N) is 2. The minimum atomic E-state index is -0.0730. The van der Waals surface area contributed by atoms with E-state index < -0.39 is 0 Å². The van der Waals surface area contributed by atoms with Crippen LogP contribution in [0.2, 0.25) is 0 Å². The Labute approximate surface area is 187 Å². The van der Waals surface area contributed by atoms with Crippen molar-refractivity contribution in [3.8, 4) is 17.0 Å². The Kier molecular flexibility index (Phi) is 6.25. The molecular weight excluding hydrogens is 404 g/mol.